The average molecular weight is 411 g/mol. The lowest BCUT2D eigenvalue weighted by molar-refractivity contribution is -0.384. The fourth-order valence-electron chi connectivity index (χ4n) is 2.51. The van der Waals surface area contributed by atoms with E-state index in [0.717, 1.165) is 5.56 Å². The Labute approximate surface area is 167 Å². The Balaban J connectivity index is 1.63. The first kappa shape index (κ1) is 18.0. The molecule has 0 saturated carbocycles. The Bertz CT molecular complexity index is 1310. The molecule has 28 heavy (non-hydrogen) atoms. The smallest absolute Gasteiger partial charge is 0.266 e. The fraction of sp³-hybridized carbons (Fsp3) is 0. The van der Waals surface area contributed by atoms with Crippen molar-refractivity contribution in [2.24, 2.45) is 0 Å². The number of hydrogen-bond acceptors (Lipinski definition) is 6. The van der Waals surface area contributed by atoms with Crippen LogP contribution < -0.4 is 10.1 Å². The van der Waals surface area contributed by atoms with Gasteiger partial charge in [0.2, 0.25) is 4.96 Å². The summed E-state index contributed by atoms with van der Waals surface area (Å²) in [6, 6.07) is 13.3. The molecule has 2 aromatic carbocycles. The van der Waals surface area contributed by atoms with Crippen LogP contribution in [0.4, 0.5) is 5.69 Å². The topological polar surface area (TPSA) is 90.4 Å². The predicted octanol–water partition coefficient (Wildman–Crippen LogP) is 3.43. The van der Waals surface area contributed by atoms with E-state index in [1.807, 2.05) is 18.2 Å². The number of rotatable bonds is 4. The number of thiazole rings is 1. The molecule has 7 nitrogen and oxygen atoms in total. The summed E-state index contributed by atoms with van der Waals surface area (Å²) in [5.74, 6) is 0.431. The van der Waals surface area contributed by atoms with Gasteiger partial charge in [-0.15, -0.1) is 5.10 Å². The zero-order chi connectivity index (χ0) is 19.7. The van der Waals surface area contributed by atoms with E-state index in [2.05, 4.69) is 10.1 Å². The maximum absolute atomic E-state index is 12.5. The summed E-state index contributed by atoms with van der Waals surface area (Å²) in [5, 5.41) is 15.6. The molecule has 138 valence electrons. The number of aromatic nitrogens is 3. The molecular formula is C19H11ClN4O3S. The van der Waals surface area contributed by atoms with Gasteiger partial charge in [-0.1, -0.05) is 41.1 Å². The van der Waals surface area contributed by atoms with Crippen molar-refractivity contribution >= 4 is 51.8 Å². The maximum atomic E-state index is 12.5. The van der Waals surface area contributed by atoms with Crippen molar-refractivity contribution in [1.29, 1.82) is 0 Å². The van der Waals surface area contributed by atoms with Gasteiger partial charge in [0.05, 0.1) is 9.46 Å². The average Bonchev–Trinajstić information content (AvgIpc) is 3.21. The van der Waals surface area contributed by atoms with Crippen LogP contribution in [0.1, 0.15) is 17.0 Å². The Hall–Kier alpha value is -3.36. The molecule has 0 radical (unpaired) electrons. The summed E-state index contributed by atoms with van der Waals surface area (Å²) < 4.78 is 1.71. The largest absolute Gasteiger partial charge is 0.291 e. The first-order valence-corrected chi connectivity index (χ1v) is 9.28. The fourth-order valence-corrected chi connectivity index (χ4v) is 3.55. The summed E-state index contributed by atoms with van der Waals surface area (Å²) in [5.41, 5.74) is 1.35. The van der Waals surface area contributed by atoms with Gasteiger partial charge in [0.25, 0.3) is 11.2 Å². The van der Waals surface area contributed by atoms with Crippen molar-refractivity contribution < 1.29 is 4.92 Å². The van der Waals surface area contributed by atoms with E-state index in [9.17, 15) is 14.9 Å². The number of benzene rings is 2. The number of halogens is 1. The Morgan fingerprint density at radius 2 is 1.71 bits per heavy atom. The molecule has 4 rings (SSSR count). The summed E-state index contributed by atoms with van der Waals surface area (Å²) in [7, 11) is 0. The Morgan fingerprint density at radius 3 is 2.36 bits per heavy atom. The molecule has 9 heteroatoms. The molecule has 0 saturated heterocycles. The second-order valence-electron chi connectivity index (χ2n) is 5.81. The van der Waals surface area contributed by atoms with E-state index >= 15 is 0 Å². The quantitative estimate of drug-likeness (QED) is 0.379. The monoisotopic (exact) mass is 410 g/mol. The highest BCUT2D eigenvalue weighted by atomic mass is 35.5. The molecule has 0 aliphatic heterocycles. The van der Waals surface area contributed by atoms with Crippen molar-refractivity contribution in [3.63, 3.8) is 0 Å². The summed E-state index contributed by atoms with van der Waals surface area (Å²) >= 11 is 7.07. The van der Waals surface area contributed by atoms with Crippen LogP contribution in [-0.2, 0) is 0 Å². The number of nitro benzene ring substituents is 1. The normalized spacial score (nSPS) is 12.2. The third-order valence-electron chi connectivity index (χ3n) is 3.89. The molecular weight excluding hydrogens is 400 g/mol. The second kappa shape index (κ2) is 7.34. The van der Waals surface area contributed by atoms with Crippen molar-refractivity contribution in [3.8, 4) is 0 Å². The van der Waals surface area contributed by atoms with E-state index in [-0.39, 0.29) is 11.2 Å². The van der Waals surface area contributed by atoms with Gasteiger partial charge < -0.3 is 0 Å². The lowest BCUT2D eigenvalue weighted by atomic mass is 10.2. The summed E-state index contributed by atoms with van der Waals surface area (Å²) in [6.45, 7) is 0. The molecule has 0 N–H and O–H groups in total. The van der Waals surface area contributed by atoms with Crippen LogP contribution in [0.5, 0.6) is 0 Å². The molecule has 0 fully saturated rings. The van der Waals surface area contributed by atoms with Crippen LogP contribution in [0.15, 0.2) is 53.3 Å². The highest BCUT2D eigenvalue weighted by molar-refractivity contribution is 7.15. The van der Waals surface area contributed by atoms with E-state index < -0.39 is 4.92 Å². The van der Waals surface area contributed by atoms with Crippen LogP contribution in [-0.4, -0.2) is 19.5 Å². The zero-order valence-corrected chi connectivity index (χ0v) is 15.7. The third-order valence-corrected chi connectivity index (χ3v) is 5.11. The molecule has 0 aliphatic rings. The van der Waals surface area contributed by atoms with Gasteiger partial charge in [-0.05, 0) is 47.5 Å². The third kappa shape index (κ3) is 3.68. The lowest BCUT2D eigenvalue weighted by Gasteiger charge is -1.92. The first-order valence-electron chi connectivity index (χ1n) is 8.09. The van der Waals surface area contributed by atoms with E-state index in [0.29, 0.717) is 25.9 Å². The molecule has 0 bridgehead atoms. The van der Waals surface area contributed by atoms with E-state index in [4.69, 9.17) is 11.6 Å². The molecule has 0 atom stereocenters. The molecule has 2 aromatic heterocycles. The van der Waals surface area contributed by atoms with Gasteiger partial charge >= 0.3 is 0 Å². The molecule has 0 amide bonds. The van der Waals surface area contributed by atoms with Crippen molar-refractivity contribution in [1.82, 2.24) is 14.6 Å². The molecule has 0 spiro atoms. The van der Waals surface area contributed by atoms with E-state index in [1.54, 1.807) is 36.4 Å². The minimum Gasteiger partial charge on any atom is -0.266 e. The number of hydrogen-bond donors (Lipinski definition) is 0. The van der Waals surface area contributed by atoms with Crippen LogP contribution in [0.3, 0.4) is 0 Å². The highest BCUT2D eigenvalue weighted by Crippen LogP contribution is 2.14. The molecule has 0 unspecified atom stereocenters. The van der Waals surface area contributed by atoms with Crippen molar-refractivity contribution in [3.05, 3.63) is 95.5 Å². The first-order chi connectivity index (χ1) is 13.5. The van der Waals surface area contributed by atoms with Crippen LogP contribution in [0, 0.1) is 10.1 Å². The SMILES string of the molecule is O=c1c(=Cc2ccc([N+](=O)[O-])cc2)sc2nc(C=Cc3ccc(Cl)cc3)nn12. The lowest BCUT2D eigenvalue weighted by Crippen LogP contribution is -2.23. The Morgan fingerprint density at radius 1 is 1.04 bits per heavy atom. The molecule has 2 heterocycles. The van der Waals surface area contributed by atoms with Gasteiger partial charge in [0.1, 0.15) is 0 Å². The van der Waals surface area contributed by atoms with Gasteiger partial charge in [-0.2, -0.15) is 9.50 Å². The predicted molar refractivity (Wildman–Crippen MR) is 109 cm³/mol. The van der Waals surface area contributed by atoms with Crippen molar-refractivity contribution in [2.45, 2.75) is 0 Å². The second-order valence-corrected chi connectivity index (χ2v) is 7.26. The van der Waals surface area contributed by atoms with Gasteiger partial charge in [0, 0.05) is 17.2 Å². The van der Waals surface area contributed by atoms with E-state index in [1.165, 1.54) is 28.0 Å². The zero-order valence-electron chi connectivity index (χ0n) is 14.2. The Kier molecular flexibility index (Phi) is 4.72. The van der Waals surface area contributed by atoms with Gasteiger partial charge in [0.15, 0.2) is 5.82 Å². The van der Waals surface area contributed by atoms with Gasteiger partial charge in [-0.25, -0.2) is 0 Å². The highest BCUT2D eigenvalue weighted by Gasteiger charge is 2.09. The number of non-ortho nitro benzene ring substituents is 1. The minimum absolute atomic E-state index is 0.000683. The number of nitrogens with zero attached hydrogens (tertiary/aromatic N) is 4. The standard InChI is InChI=1S/C19H11ClN4O3S/c20-14-6-1-12(2-7-14)5-10-17-21-19-23(22-17)18(25)16(28-19)11-13-3-8-15(9-4-13)24(26)27/h1-11H. The van der Waals surface area contributed by atoms with Crippen LogP contribution >= 0.6 is 22.9 Å². The molecule has 4 aromatic rings. The minimum atomic E-state index is -0.467. The number of fused-ring (bicyclic) bond motifs is 1. The summed E-state index contributed by atoms with van der Waals surface area (Å²) in [6.07, 6.45) is 5.22. The van der Waals surface area contributed by atoms with Gasteiger partial charge in [-0.3, -0.25) is 14.9 Å². The molecule has 0 aliphatic carbocycles. The van der Waals surface area contributed by atoms with Crippen molar-refractivity contribution in [2.75, 3.05) is 0 Å². The van der Waals surface area contributed by atoms with Crippen LogP contribution in [0.2, 0.25) is 5.02 Å². The van der Waals surface area contributed by atoms with Crippen LogP contribution in [0.25, 0.3) is 23.2 Å². The maximum Gasteiger partial charge on any atom is 0.291 e. The number of nitro groups is 1. The summed E-state index contributed by atoms with van der Waals surface area (Å²) in [4.78, 5) is 27.6.